The van der Waals surface area contributed by atoms with Gasteiger partial charge in [0.15, 0.2) is 0 Å². The molecule has 0 spiro atoms. The largest absolute Gasteiger partial charge is 0.394 e. The molecule has 1 aliphatic rings. The fourth-order valence-electron chi connectivity index (χ4n) is 2.40. The summed E-state index contributed by atoms with van der Waals surface area (Å²) in [6.07, 6.45) is -0.658. The van der Waals surface area contributed by atoms with Crippen LogP contribution in [0.2, 0.25) is 10.0 Å². The Bertz CT molecular complexity index is 647. The first-order valence-electron chi connectivity index (χ1n) is 7.05. The van der Waals surface area contributed by atoms with Crippen molar-refractivity contribution in [1.82, 2.24) is 10.2 Å². The number of nitrogens with two attached hydrogens (primary N) is 1. The van der Waals surface area contributed by atoms with E-state index in [1.807, 2.05) is 0 Å². The molecule has 1 saturated heterocycles. The van der Waals surface area contributed by atoms with Crippen LogP contribution in [0.15, 0.2) is 12.1 Å². The second-order valence-electron chi connectivity index (χ2n) is 5.18. The van der Waals surface area contributed by atoms with E-state index in [-0.39, 0.29) is 29.7 Å². The first-order valence-corrected chi connectivity index (χ1v) is 7.80. The molecule has 2 rings (SSSR count). The smallest absolute Gasteiger partial charge is 0.312 e. The van der Waals surface area contributed by atoms with Gasteiger partial charge in [-0.15, -0.1) is 0 Å². The molecule has 24 heavy (non-hydrogen) atoms. The van der Waals surface area contributed by atoms with Gasteiger partial charge in [0.2, 0.25) is 5.91 Å². The van der Waals surface area contributed by atoms with E-state index in [1.165, 1.54) is 11.0 Å². The number of primary amides is 1. The number of urea groups is 1. The molecule has 10 heteroatoms. The minimum atomic E-state index is -1.15. The highest BCUT2D eigenvalue weighted by molar-refractivity contribution is 6.35. The highest BCUT2D eigenvalue weighted by Gasteiger charge is 2.31. The van der Waals surface area contributed by atoms with Gasteiger partial charge in [-0.2, -0.15) is 0 Å². The summed E-state index contributed by atoms with van der Waals surface area (Å²) in [5.41, 5.74) is 5.34. The third-order valence-electron chi connectivity index (χ3n) is 3.56. The van der Waals surface area contributed by atoms with E-state index < -0.39 is 36.5 Å². The van der Waals surface area contributed by atoms with Crippen LogP contribution in [0.3, 0.4) is 0 Å². The van der Waals surface area contributed by atoms with Gasteiger partial charge in [-0.25, -0.2) is 9.18 Å². The Morgan fingerprint density at radius 1 is 1.46 bits per heavy atom. The number of hydrogen-bond acceptors (Lipinski definition) is 4. The quantitative estimate of drug-likeness (QED) is 0.680. The number of morpholine rings is 1. The van der Waals surface area contributed by atoms with Gasteiger partial charge < -0.3 is 25.8 Å². The average molecular weight is 380 g/mol. The lowest BCUT2D eigenvalue weighted by atomic mass is 10.1. The molecular formula is C14H16Cl2FN3O4. The van der Waals surface area contributed by atoms with E-state index in [0.717, 1.165) is 6.07 Å². The summed E-state index contributed by atoms with van der Waals surface area (Å²) in [6, 6.07) is 0.353. The summed E-state index contributed by atoms with van der Waals surface area (Å²) < 4.78 is 19.2. The average Bonchev–Trinajstić information content (AvgIpc) is 2.55. The first kappa shape index (κ1) is 18.7. The van der Waals surface area contributed by atoms with Gasteiger partial charge in [0, 0.05) is 17.1 Å². The SMILES string of the molecule is NC(=O)NC(CO)C(=O)N1CCOC(c2cc(F)c(Cl)cc2Cl)C1. The number of carbonyl (C=O) groups excluding carboxylic acids is 2. The lowest BCUT2D eigenvalue weighted by molar-refractivity contribution is -0.141. The van der Waals surface area contributed by atoms with Gasteiger partial charge in [0.05, 0.1) is 24.8 Å². The lowest BCUT2D eigenvalue weighted by Gasteiger charge is -2.35. The Labute approximate surface area is 147 Å². The number of aliphatic hydroxyl groups is 1. The molecule has 1 aromatic rings. The van der Waals surface area contributed by atoms with Gasteiger partial charge in [-0.3, -0.25) is 4.79 Å². The van der Waals surface area contributed by atoms with Crippen molar-refractivity contribution >= 4 is 35.1 Å². The number of benzene rings is 1. The molecular weight excluding hydrogens is 364 g/mol. The molecule has 0 radical (unpaired) electrons. The van der Waals surface area contributed by atoms with Crippen molar-refractivity contribution in [2.75, 3.05) is 26.3 Å². The zero-order valence-corrected chi connectivity index (χ0v) is 14.0. The highest BCUT2D eigenvalue weighted by atomic mass is 35.5. The van der Waals surface area contributed by atoms with Crippen molar-refractivity contribution < 1.29 is 23.8 Å². The summed E-state index contributed by atoms with van der Waals surface area (Å²) in [4.78, 5) is 24.6. The minimum Gasteiger partial charge on any atom is -0.394 e. The van der Waals surface area contributed by atoms with Gasteiger partial charge in [-0.05, 0) is 12.1 Å². The molecule has 0 aliphatic carbocycles. The van der Waals surface area contributed by atoms with Crippen LogP contribution in [0.5, 0.6) is 0 Å². The zero-order chi connectivity index (χ0) is 17.9. The molecule has 0 saturated carbocycles. The number of aliphatic hydroxyl groups excluding tert-OH is 1. The Morgan fingerprint density at radius 3 is 2.79 bits per heavy atom. The van der Waals surface area contributed by atoms with Crippen LogP contribution in [0, 0.1) is 5.82 Å². The van der Waals surface area contributed by atoms with Gasteiger partial charge in [0.1, 0.15) is 18.0 Å². The molecule has 0 bridgehead atoms. The van der Waals surface area contributed by atoms with E-state index in [1.54, 1.807) is 0 Å². The van der Waals surface area contributed by atoms with E-state index in [2.05, 4.69) is 5.32 Å². The molecule has 7 nitrogen and oxygen atoms in total. The van der Waals surface area contributed by atoms with E-state index in [4.69, 9.17) is 33.7 Å². The summed E-state index contributed by atoms with van der Waals surface area (Å²) in [6.45, 7) is -0.0810. The van der Waals surface area contributed by atoms with Crippen LogP contribution in [-0.4, -0.2) is 54.3 Å². The number of rotatable bonds is 4. The second kappa shape index (κ2) is 7.98. The standard InChI is InChI=1S/C14H16Cl2FN3O4/c15-8-4-9(16)10(17)3-7(8)12-5-20(1-2-24-12)13(22)11(6-21)19-14(18)23/h3-4,11-12,21H,1-2,5-6H2,(H3,18,19,23). The minimum absolute atomic E-state index is 0.0799. The van der Waals surface area contributed by atoms with Gasteiger partial charge in [-0.1, -0.05) is 23.2 Å². The monoisotopic (exact) mass is 379 g/mol. The van der Waals surface area contributed by atoms with Crippen molar-refractivity contribution in [2.24, 2.45) is 5.73 Å². The summed E-state index contributed by atoms with van der Waals surface area (Å²) in [7, 11) is 0. The number of hydrogen-bond donors (Lipinski definition) is 3. The van der Waals surface area contributed by atoms with E-state index in [9.17, 15) is 19.1 Å². The van der Waals surface area contributed by atoms with Gasteiger partial charge in [0.25, 0.3) is 0 Å². The lowest BCUT2D eigenvalue weighted by Crippen LogP contribution is -2.54. The Kier molecular flexibility index (Phi) is 6.22. The Balaban J connectivity index is 2.15. The Hall–Kier alpha value is -1.61. The molecule has 1 aliphatic heterocycles. The summed E-state index contributed by atoms with van der Waals surface area (Å²) >= 11 is 11.7. The highest BCUT2D eigenvalue weighted by Crippen LogP contribution is 2.32. The van der Waals surface area contributed by atoms with Crippen molar-refractivity contribution in [1.29, 1.82) is 0 Å². The topological polar surface area (TPSA) is 105 Å². The predicted octanol–water partition coefficient (Wildman–Crippen LogP) is 1.06. The van der Waals surface area contributed by atoms with E-state index in [0.29, 0.717) is 5.56 Å². The predicted molar refractivity (Wildman–Crippen MR) is 85.3 cm³/mol. The van der Waals surface area contributed by atoms with Crippen LogP contribution in [0.1, 0.15) is 11.7 Å². The molecule has 1 aromatic carbocycles. The third kappa shape index (κ3) is 4.27. The van der Waals surface area contributed by atoms with Crippen LogP contribution in [0.25, 0.3) is 0 Å². The normalized spacial score (nSPS) is 19.0. The molecule has 1 fully saturated rings. The fourth-order valence-corrected chi connectivity index (χ4v) is 2.90. The fraction of sp³-hybridized carbons (Fsp3) is 0.429. The van der Waals surface area contributed by atoms with Crippen LogP contribution in [-0.2, 0) is 9.53 Å². The molecule has 1 heterocycles. The summed E-state index contributed by atoms with van der Waals surface area (Å²) in [5, 5.41) is 11.5. The molecule has 2 atom stereocenters. The molecule has 132 valence electrons. The summed E-state index contributed by atoms with van der Waals surface area (Å²) in [5.74, 6) is -1.16. The number of nitrogens with one attached hydrogen (secondary N) is 1. The molecule has 0 aromatic heterocycles. The number of nitrogens with zero attached hydrogens (tertiary/aromatic N) is 1. The van der Waals surface area contributed by atoms with Crippen LogP contribution < -0.4 is 11.1 Å². The second-order valence-corrected chi connectivity index (χ2v) is 5.99. The number of ether oxygens (including phenoxy) is 1. The third-order valence-corrected chi connectivity index (χ3v) is 4.18. The maximum Gasteiger partial charge on any atom is 0.312 e. The first-order chi connectivity index (χ1) is 11.3. The maximum atomic E-state index is 13.7. The van der Waals surface area contributed by atoms with Crippen LogP contribution >= 0.6 is 23.2 Å². The molecule has 3 amide bonds. The van der Waals surface area contributed by atoms with Crippen molar-refractivity contribution in [3.8, 4) is 0 Å². The zero-order valence-electron chi connectivity index (χ0n) is 12.5. The van der Waals surface area contributed by atoms with Crippen molar-refractivity contribution in [2.45, 2.75) is 12.1 Å². The number of carbonyl (C=O) groups is 2. The molecule has 4 N–H and O–H groups in total. The number of halogens is 3. The van der Waals surface area contributed by atoms with Gasteiger partial charge >= 0.3 is 6.03 Å². The maximum absolute atomic E-state index is 13.7. The number of amides is 3. The van der Waals surface area contributed by atoms with Crippen molar-refractivity contribution in [3.05, 3.63) is 33.6 Å². The van der Waals surface area contributed by atoms with E-state index >= 15 is 0 Å². The Morgan fingerprint density at radius 2 is 2.17 bits per heavy atom. The van der Waals surface area contributed by atoms with Crippen LogP contribution in [0.4, 0.5) is 9.18 Å². The van der Waals surface area contributed by atoms with Crippen molar-refractivity contribution in [3.63, 3.8) is 0 Å². The molecule has 2 unspecified atom stereocenters.